The van der Waals surface area contributed by atoms with Gasteiger partial charge >= 0.3 is 0 Å². The molecule has 154 valence electrons. The van der Waals surface area contributed by atoms with Crippen LogP contribution in [0.4, 0.5) is 5.69 Å². The number of sulfonamides is 1. The number of nitrogens with one attached hydrogen (secondary N) is 1. The van der Waals surface area contributed by atoms with Crippen molar-refractivity contribution >= 4 is 32.4 Å². The molecule has 1 amide bonds. The second kappa shape index (κ2) is 7.22. The van der Waals surface area contributed by atoms with Crippen molar-refractivity contribution in [2.75, 3.05) is 18.4 Å². The molecule has 0 aromatic heterocycles. The van der Waals surface area contributed by atoms with Crippen LogP contribution in [0, 0.1) is 6.92 Å². The van der Waals surface area contributed by atoms with Crippen molar-refractivity contribution < 1.29 is 13.2 Å². The first-order chi connectivity index (χ1) is 14.4. The number of hydrogen-bond donors (Lipinski definition) is 1. The van der Waals surface area contributed by atoms with Crippen LogP contribution in [0.25, 0.3) is 10.8 Å². The van der Waals surface area contributed by atoms with Crippen molar-refractivity contribution in [2.45, 2.75) is 37.5 Å². The second-order valence-corrected chi connectivity index (χ2v) is 10.1. The Hall–Kier alpha value is -2.70. The largest absolute Gasteiger partial charge is 0.321 e. The van der Waals surface area contributed by atoms with Crippen LogP contribution in [0.15, 0.2) is 53.4 Å². The van der Waals surface area contributed by atoms with E-state index in [1.54, 1.807) is 19.1 Å². The molecule has 1 aliphatic carbocycles. The molecule has 1 heterocycles. The van der Waals surface area contributed by atoms with E-state index in [0.717, 1.165) is 36.8 Å². The van der Waals surface area contributed by atoms with Gasteiger partial charge < -0.3 is 5.32 Å². The van der Waals surface area contributed by atoms with Crippen LogP contribution in [-0.4, -0.2) is 31.7 Å². The van der Waals surface area contributed by atoms with Crippen LogP contribution in [0.2, 0.25) is 0 Å². The van der Waals surface area contributed by atoms with E-state index in [1.165, 1.54) is 26.9 Å². The fourth-order valence-corrected chi connectivity index (χ4v) is 6.41. The maximum absolute atomic E-state index is 13.0. The number of benzene rings is 3. The Bertz CT molecular complexity index is 1260. The zero-order chi connectivity index (χ0) is 20.9. The van der Waals surface area contributed by atoms with Gasteiger partial charge in [-0.3, -0.25) is 4.79 Å². The van der Waals surface area contributed by atoms with E-state index in [9.17, 15) is 13.2 Å². The van der Waals surface area contributed by atoms with E-state index in [2.05, 4.69) is 17.4 Å². The number of rotatable bonds is 4. The minimum Gasteiger partial charge on any atom is -0.321 e. The van der Waals surface area contributed by atoms with Crippen LogP contribution in [-0.2, 0) is 22.9 Å². The summed E-state index contributed by atoms with van der Waals surface area (Å²) in [4.78, 5) is 13.3. The van der Waals surface area contributed by atoms with E-state index in [1.807, 2.05) is 18.2 Å². The molecule has 1 N–H and O–H groups in total. The fourth-order valence-electron chi connectivity index (χ4n) is 4.64. The Balaban J connectivity index is 1.49. The first kappa shape index (κ1) is 19.3. The molecule has 3 aromatic carbocycles. The van der Waals surface area contributed by atoms with E-state index in [0.29, 0.717) is 24.2 Å². The number of nitrogens with zero attached hydrogens (tertiary/aromatic N) is 1. The summed E-state index contributed by atoms with van der Waals surface area (Å²) in [7, 11) is -3.58. The smallest absolute Gasteiger partial charge is 0.255 e. The Labute approximate surface area is 176 Å². The standard InChI is InChI=1S/C24H24N2O3S/c1-16-7-8-19(15-22(16)30(28,29)26-13-2-3-14-26)24(27)25-21-12-11-18-10-9-17-5-4-6-20(21)23(17)18/h4-8,11-12,15H,2-3,9-10,13-14H2,1H3,(H,25,27). The van der Waals surface area contributed by atoms with Crippen LogP contribution in [0.3, 0.4) is 0 Å². The number of hydrogen-bond acceptors (Lipinski definition) is 3. The first-order valence-electron chi connectivity index (χ1n) is 10.4. The summed E-state index contributed by atoms with van der Waals surface area (Å²) in [6.45, 7) is 2.85. The molecule has 3 aromatic rings. The highest BCUT2D eigenvalue weighted by molar-refractivity contribution is 7.89. The minimum atomic E-state index is -3.58. The number of anilines is 1. The topological polar surface area (TPSA) is 66.5 Å². The van der Waals surface area contributed by atoms with Crippen molar-refractivity contribution in [2.24, 2.45) is 0 Å². The number of amides is 1. The molecule has 0 unspecified atom stereocenters. The predicted molar refractivity (Wildman–Crippen MR) is 118 cm³/mol. The highest BCUT2D eigenvalue weighted by Gasteiger charge is 2.29. The lowest BCUT2D eigenvalue weighted by Crippen LogP contribution is -2.28. The molecule has 1 aliphatic heterocycles. The molecule has 5 nitrogen and oxygen atoms in total. The molecule has 1 fully saturated rings. The molecule has 2 aliphatic rings. The number of aryl methyl sites for hydroxylation is 3. The third-order valence-corrected chi connectivity index (χ3v) is 8.30. The van der Waals surface area contributed by atoms with E-state index >= 15 is 0 Å². The molecule has 0 radical (unpaired) electrons. The van der Waals surface area contributed by atoms with Crippen LogP contribution in [0.5, 0.6) is 0 Å². The van der Waals surface area contributed by atoms with Crippen molar-refractivity contribution in [1.29, 1.82) is 0 Å². The Morgan fingerprint density at radius 2 is 1.70 bits per heavy atom. The highest BCUT2D eigenvalue weighted by Crippen LogP contribution is 2.35. The van der Waals surface area contributed by atoms with Gasteiger partial charge in [0.05, 0.1) is 4.90 Å². The predicted octanol–water partition coefficient (Wildman–Crippen LogP) is 4.28. The Morgan fingerprint density at radius 3 is 2.47 bits per heavy atom. The maximum atomic E-state index is 13.0. The molecule has 0 saturated carbocycles. The summed E-state index contributed by atoms with van der Waals surface area (Å²) in [6, 6.07) is 15.1. The van der Waals surface area contributed by atoms with Gasteiger partial charge in [0, 0.05) is 29.7 Å². The van der Waals surface area contributed by atoms with Gasteiger partial charge in [-0.05, 0) is 72.9 Å². The maximum Gasteiger partial charge on any atom is 0.255 e. The minimum absolute atomic E-state index is 0.220. The van der Waals surface area contributed by atoms with Gasteiger partial charge in [-0.15, -0.1) is 0 Å². The lowest BCUT2D eigenvalue weighted by atomic mass is 10.0. The fraction of sp³-hybridized carbons (Fsp3) is 0.292. The zero-order valence-corrected chi connectivity index (χ0v) is 17.8. The van der Waals surface area contributed by atoms with E-state index in [-0.39, 0.29) is 10.8 Å². The molecular formula is C24H24N2O3S. The van der Waals surface area contributed by atoms with Gasteiger partial charge in [0.2, 0.25) is 10.0 Å². The normalized spacial score (nSPS) is 16.3. The summed E-state index contributed by atoms with van der Waals surface area (Å²) >= 11 is 0. The van der Waals surface area contributed by atoms with Gasteiger partial charge in [0.15, 0.2) is 0 Å². The van der Waals surface area contributed by atoms with Gasteiger partial charge in [-0.25, -0.2) is 8.42 Å². The summed E-state index contributed by atoms with van der Waals surface area (Å²) < 4.78 is 27.6. The number of carbonyl (C=O) groups excluding carboxylic acids is 1. The Kier molecular flexibility index (Phi) is 4.64. The lowest BCUT2D eigenvalue weighted by Gasteiger charge is -2.18. The van der Waals surface area contributed by atoms with Crippen LogP contribution >= 0.6 is 0 Å². The van der Waals surface area contributed by atoms with Gasteiger partial charge in [-0.2, -0.15) is 4.31 Å². The third kappa shape index (κ3) is 3.11. The molecule has 0 atom stereocenters. The summed E-state index contributed by atoms with van der Waals surface area (Å²) in [6.07, 6.45) is 3.81. The van der Waals surface area contributed by atoms with Gasteiger partial charge in [-0.1, -0.05) is 30.3 Å². The molecule has 6 heteroatoms. The summed E-state index contributed by atoms with van der Waals surface area (Å²) in [5.41, 5.74) is 4.39. The SMILES string of the molecule is Cc1ccc(C(=O)Nc2ccc3c4c(cccc24)CC3)cc1S(=O)(=O)N1CCCC1. The van der Waals surface area contributed by atoms with Gasteiger partial charge in [0.25, 0.3) is 5.91 Å². The summed E-state index contributed by atoms with van der Waals surface area (Å²) in [5.74, 6) is -0.299. The molecular weight excluding hydrogens is 396 g/mol. The molecule has 1 saturated heterocycles. The van der Waals surface area contributed by atoms with Crippen LogP contribution in [0.1, 0.15) is 39.9 Å². The second-order valence-electron chi connectivity index (χ2n) is 8.16. The van der Waals surface area contributed by atoms with Crippen LogP contribution < -0.4 is 5.32 Å². The number of carbonyl (C=O) groups is 1. The van der Waals surface area contributed by atoms with Crippen molar-refractivity contribution in [3.8, 4) is 0 Å². The van der Waals surface area contributed by atoms with Crippen molar-refractivity contribution in [3.63, 3.8) is 0 Å². The molecule has 0 bridgehead atoms. The lowest BCUT2D eigenvalue weighted by molar-refractivity contribution is 0.102. The average molecular weight is 421 g/mol. The average Bonchev–Trinajstić information content (AvgIpc) is 3.42. The van der Waals surface area contributed by atoms with E-state index < -0.39 is 10.0 Å². The molecule has 0 spiro atoms. The molecule has 30 heavy (non-hydrogen) atoms. The van der Waals surface area contributed by atoms with E-state index in [4.69, 9.17) is 0 Å². The third-order valence-electron chi connectivity index (χ3n) is 6.26. The highest BCUT2D eigenvalue weighted by atomic mass is 32.2. The first-order valence-corrected chi connectivity index (χ1v) is 11.8. The molecule has 5 rings (SSSR count). The van der Waals surface area contributed by atoms with Crippen molar-refractivity contribution in [1.82, 2.24) is 4.31 Å². The quantitative estimate of drug-likeness (QED) is 0.685. The zero-order valence-electron chi connectivity index (χ0n) is 16.9. The van der Waals surface area contributed by atoms with Crippen molar-refractivity contribution in [3.05, 3.63) is 70.8 Å². The Morgan fingerprint density at radius 1 is 0.967 bits per heavy atom. The monoisotopic (exact) mass is 420 g/mol. The van der Waals surface area contributed by atoms with Gasteiger partial charge in [0.1, 0.15) is 0 Å². The summed E-state index contributed by atoms with van der Waals surface area (Å²) in [5, 5.41) is 5.27.